The number of amides is 1. The van der Waals surface area contributed by atoms with E-state index in [4.69, 9.17) is 5.73 Å². The number of halogens is 1. The molecule has 0 spiro atoms. The lowest BCUT2D eigenvalue weighted by molar-refractivity contribution is -0.116. The molecule has 1 unspecified atom stereocenters. The first kappa shape index (κ1) is 14.9. The van der Waals surface area contributed by atoms with Crippen molar-refractivity contribution in [2.45, 2.75) is 19.8 Å². The average molecular weight is 279 g/mol. The fourth-order valence-electron chi connectivity index (χ4n) is 2.52. The Kier molecular flexibility index (Phi) is 4.73. The molecule has 1 amide bonds. The van der Waals surface area contributed by atoms with Crippen LogP contribution >= 0.6 is 0 Å². The fourth-order valence-corrected chi connectivity index (χ4v) is 2.52. The lowest BCUT2D eigenvalue weighted by Crippen LogP contribution is -2.32. The molecule has 0 radical (unpaired) electrons. The molecule has 1 fully saturated rings. The zero-order valence-electron chi connectivity index (χ0n) is 11.9. The van der Waals surface area contributed by atoms with Gasteiger partial charge < -0.3 is 16.0 Å². The predicted octanol–water partition coefficient (Wildman–Crippen LogP) is 1.82. The van der Waals surface area contributed by atoms with Crippen molar-refractivity contribution in [1.82, 2.24) is 4.90 Å². The molecule has 1 aliphatic heterocycles. The maximum absolute atomic E-state index is 13.4. The molecule has 110 valence electrons. The SMILES string of the molecule is CC1(CN)CCN(CCC(=O)Nc2ccccc2F)C1. The number of rotatable bonds is 5. The van der Waals surface area contributed by atoms with Gasteiger partial charge in [0.1, 0.15) is 5.82 Å². The van der Waals surface area contributed by atoms with Crippen molar-refractivity contribution in [3.8, 4) is 0 Å². The summed E-state index contributed by atoms with van der Waals surface area (Å²) in [5.41, 5.74) is 6.17. The standard InChI is InChI=1S/C15H22FN3O/c1-15(10-17)7-9-19(11-15)8-6-14(20)18-13-5-3-2-4-12(13)16/h2-5H,6-11,17H2,1H3,(H,18,20). The minimum Gasteiger partial charge on any atom is -0.330 e. The zero-order valence-corrected chi connectivity index (χ0v) is 11.9. The summed E-state index contributed by atoms with van der Waals surface area (Å²) in [5.74, 6) is -0.561. The Balaban J connectivity index is 1.78. The normalized spacial score (nSPS) is 22.9. The van der Waals surface area contributed by atoms with Crippen LogP contribution in [-0.4, -0.2) is 37.0 Å². The summed E-state index contributed by atoms with van der Waals surface area (Å²) in [7, 11) is 0. The van der Waals surface area contributed by atoms with Gasteiger partial charge in [0.05, 0.1) is 5.69 Å². The Morgan fingerprint density at radius 2 is 2.25 bits per heavy atom. The van der Waals surface area contributed by atoms with Crippen LogP contribution in [-0.2, 0) is 4.79 Å². The van der Waals surface area contributed by atoms with E-state index >= 15 is 0 Å². The van der Waals surface area contributed by atoms with E-state index in [0.717, 1.165) is 19.5 Å². The zero-order chi connectivity index (χ0) is 14.6. The van der Waals surface area contributed by atoms with E-state index in [0.29, 0.717) is 19.5 Å². The molecule has 1 atom stereocenters. The van der Waals surface area contributed by atoms with Gasteiger partial charge in [0.2, 0.25) is 5.91 Å². The lowest BCUT2D eigenvalue weighted by atomic mass is 9.90. The highest BCUT2D eigenvalue weighted by molar-refractivity contribution is 5.90. The van der Waals surface area contributed by atoms with Crippen molar-refractivity contribution < 1.29 is 9.18 Å². The largest absolute Gasteiger partial charge is 0.330 e. The van der Waals surface area contributed by atoms with Gasteiger partial charge in [-0.2, -0.15) is 0 Å². The number of nitrogens with zero attached hydrogens (tertiary/aromatic N) is 1. The van der Waals surface area contributed by atoms with Gasteiger partial charge in [-0.3, -0.25) is 4.79 Å². The molecule has 1 heterocycles. The topological polar surface area (TPSA) is 58.4 Å². The van der Waals surface area contributed by atoms with Crippen molar-refractivity contribution in [3.05, 3.63) is 30.1 Å². The summed E-state index contributed by atoms with van der Waals surface area (Å²) in [5, 5.41) is 2.60. The minimum absolute atomic E-state index is 0.156. The third-order valence-corrected chi connectivity index (χ3v) is 3.93. The Hall–Kier alpha value is -1.46. The summed E-state index contributed by atoms with van der Waals surface area (Å²) in [6.45, 7) is 5.43. The van der Waals surface area contributed by atoms with Crippen LogP contribution in [0.15, 0.2) is 24.3 Å². The molecule has 1 saturated heterocycles. The van der Waals surface area contributed by atoms with Crippen molar-refractivity contribution in [2.75, 3.05) is 31.5 Å². The molecule has 0 saturated carbocycles. The number of anilines is 1. The first-order chi connectivity index (χ1) is 9.52. The highest BCUT2D eigenvalue weighted by Gasteiger charge is 2.32. The average Bonchev–Trinajstić information content (AvgIpc) is 2.82. The molecule has 5 heteroatoms. The maximum atomic E-state index is 13.4. The van der Waals surface area contributed by atoms with Crippen LogP contribution in [0.4, 0.5) is 10.1 Å². The van der Waals surface area contributed by atoms with Crippen molar-refractivity contribution in [1.29, 1.82) is 0 Å². The monoisotopic (exact) mass is 279 g/mol. The van der Waals surface area contributed by atoms with E-state index in [2.05, 4.69) is 17.1 Å². The quantitative estimate of drug-likeness (QED) is 0.864. The number of nitrogens with one attached hydrogen (secondary N) is 1. The molecule has 2 rings (SSSR count). The fraction of sp³-hybridized carbons (Fsp3) is 0.533. The van der Waals surface area contributed by atoms with Crippen molar-refractivity contribution >= 4 is 11.6 Å². The summed E-state index contributed by atoms with van der Waals surface area (Å²) >= 11 is 0. The first-order valence-electron chi connectivity index (χ1n) is 6.99. The second-order valence-corrected chi connectivity index (χ2v) is 5.82. The van der Waals surface area contributed by atoms with Gasteiger partial charge in [-0.05, 0) is 37.1 Å². The lowest BCUT2D eigenvalue weighted by Gasteiger charge is -2.22. The van der Waals surface area contributed by atoms with Gasteiger partial charge in [-0.25, -0.2) is 4.39 Å². The summed E-state index contributed by atoms with van der Waals surface area (Å²) in [4.78, 5) is 14.1. The van der Waals surface area contributed by atoms with Gasteiger partial charge in [0.15, 0.2) is 0 Å². The Morgan fingerprint density at radius 1 is 1.50 bits per heavy atom. The third kappa shape index (κ3) is 3.77. The van der Waals surface area contributed by atoms with Crippen LogP contribution in [0, 0.1) is 11.2 Å². The molecule has 0 aromatic heterocycles. The van der Waals surface area contributed by atoms with Crippen molar-refractivity contribution in [2.24, 2.45) is 11.1 Å². The maximum Gasteiger partial charge on any atom is 0.225 e. The van der Waals surface area contributed by atoms with Gasteiger partial charge in [0, 0.05) is 19.5 Å². The molecular weight excluding hydrogens is 257 g/mol. The second-order valence-electron chi connectivity index (χ2n) is 5.82. The molecule has 1 aromatic carbocycles. The van der Waals surface area contributed by atoms with Crippen LogP contribution in [0.1, 0.15) is 19.8 Å². The van der Waals surface area contributed by atoms with Gasteiger partial charge in [-0.15, -0.1) is 0 Å². The molecule has 0 aliphatic carbocycles. The van der Waals surface area contributed by atoms with Crippen LogP contribution in [0.25, 0.3) is 0 Å². The summed E-state index contributed by atoms with van der Waals surface area (Å²) < 4.78 is 13.4. The van der Waals surface area contributed by atoms with Crippen LogP contribution in [0.2, 0.25) is 0 Å². The number of likely N-dealkylation sites (tertiary alicyclic amines) is 1. The second kappa shape index (κ2) is 6.33. The number of hydrogen-bond donors (Lipinski definition) is 2. The van der Waals surface area contributed by atoms with E-state index in [-0.39, 0.29) is 17.0 Å². The molecule has 1 aliphatic rings. The van der Waals surface area contributed by atoms with Gasteiger partial charge >= 0.3 is 0 Å². The Labute approximate surface area is 119 Å². The number of benzene rings is 1. The molecule has 1 aromatic rings. The first-order valence-corrected chi connectivity index (χ1v) is 6.99. The summed E-state index contributed by atoms with van der Waals surface area (Å²) in [6, 6.07) is 6.20. The Bertz CT molecular complexity index is 480. The molecule has 3 N–H and O–H groups in total. The highest BCUT2D eigenvalue weighted by Crippen LogP contribution is 2.28. The van der Waals surface area contributed by atoms with E-state index in [1.165, 1.54) is 6.07 Å². The predicted molar refractivity (Wildman–Crippen MR) is 77.9 cm³/mol. The van der Waals surface area contributed by atoms with Gasteiger partial charge in [-0.1, -0.05) is 19.1 Å². The number of hydrogen-bond acceptors (Lipinski definition) is 3. The molecule has 4 nitrogen and oxygen atoms in total. The van der Waals surface area contributed by atoms with Gasteiger partial charge in [0.25, 0.3) is 0 Å². The van der Waals surface area contributed by atoms with Crippen LogP contribution in [0.3, 0.4) is 0 Å². The summed E-state index contributed by atoms with van der Waals surface area (Å²) in [6.07, 6.45) is 1.44. The number of nitrogens with two attached hydrogens (primary N) is 1. The van der Waals surface area contributed by atoms with E-state index in [1.54, 1.807) is 18.2 Å². The smallest absolute Gasteiger partial charge is 0.225 e. The van der Waals surface area contributed by atoms with E-state index < -0.39 is 5.82 Å². The van der Waals surface area contributed by atoms with E-state index in [9.17, 15) is 9.18 Å². The number of carbonyl (C=O) groups excluding carboxylic acids is 1. The molecule has 0 bridgehead atoms. The van der Waals surface area contributed by atoms with Crippen LogP contribution in [0.5, 0.6) is 0 Å². The van der Waals surface area contributed by atoms with Crippen molar-refractivity contribution in [3.63, 3.8) is 0 Å². The third-order valence-electron chi connectivity index (χ3n) is 3.93. The highest BCUT2D eigenvalue weighted by atomic mass is 19.1. The number of para-hydroxylation sites is 1. The van der Waals surface area contributed by atoms with E-state index in [1.807, 2.05) is 0 Å². The molecular formula is C15H22FN3O. The molecule has 20 heavy (non-hydrogen) atoms. The minimum atomic E-state index is -0.405. The van der Waals surface area contributed by atoms with Crippen LogP contribution < -0.4 is 11.1 Å². The number of carbonyl (C=O) groups is 1. The Morgan fingerprint density at radius 3 is 2.90 bits per heavy atom.